The highest BCUT2D eigenvalue weighted by Gasteiger charge is 2.23. The second kappa shape index (κ2) is 6.52. The van der Waals surface area contributed by atoms with Crippen LogP contribution in [-0.4, -0.2) is 18.2 Å². The van der Waals surface area contributed by atoms with Crippen LogP contribution in [0, 0.1) is 6.92 Å². The lowest BCUT2D eigenvalue weighted by Crippen LogP contribution is -2.18. The molecule has 0 aliphatic carbocycles. The minimum atomic E-state index is -3.84. The van der Waals surface area contributed by atoms with Gasteiger partial charge in [-0.25, -0.2) is 12.4 Å². The number of carbonyl (C=O) groups is 1. The van der Waals surface area contributed by atoms with E-state index in [-0.39, 0.29) is 16.4 Å². The van der Waals surface area contributed by atoms with Crippen LogP contribution in [0.2, 0.25) is 0 Å². The van der Waals surface area contributed by atoms with Crippen molar-refractivity contribution in [2.45, 2.75) is 11.8 Å². The van der Waals surface area contributed by atoms with Crippen molar-refractivity contribution in [3.63, 3.8) is 0 Å². The standard InChI is InChI=1S/C22H17NO3S/c1-16-8-12-20(13-9-16)27(25,26)23-14-4-7-21(23)22(24)19-11-10-17-5-2-3-6-18(17)15-19/h2-15H,1H3. The summed E-state index contributed by atoms with van der Waals surface area (Å²) < 4.78 is 27.0. The number of rotatable bonds is 4. The monoisotopic (exact) mass is 375 g/mol. The highest BCUT2D eigenvalue weighted by atomic mass is 32.2. The van der Waals surface area contributed by atoms with Crippen LogP contribution in [0.1, 0.15) is 21.6 Å². The van der Waals surface area contributed by atoms with Gasteiger partial charge < -0.3 is 0 Å². The van der Waals surface area contributed by atoms with E-state index in [0.717, 1.165) is 20.3 Å². The van der Waals surface area contributed by atoms with Crippen molar-refractivity contribution in [2.75, 3.05) is 0 Å². The Labute approximate surface area is 157 Å². The highest BCUT2D eigenvalue weighted by Crippen LogP contribution is 2.22. The molecule has 4 nitrogen and oxygen atoms in total. The Balaban J connectivity index is 1.78. The molecule has 0 bridgehead atoms. The summed E-state index contributed by atoms with van der Waals surface area (Å²) in [5.74, 6) is -0.332. The summed E-state index contributed by atoms with van der Waals surface area (Å²) in [6.07, 6.45) is 1.41. The van der Waals surface area contributed by atoms with Crippen molar-refractivity contribution in [2.24, 2.45) is 0 Å². The summed E-state index contributed by atoms with van der Waals surface area (Å²) in [4.78, 5) is 13.2. The van der Waals surface area contributed by atoms with Gasteiger partial charge in [-0.1, -0.05) is 54.1 Å². The minimum absolute atomic E-state index is 0.117. The van der Waals surface area contributed by atoms with Crippen molar-refractivity contribution in [3.8, 4) is 0 Å². The van der Waals surface area contributed by atoms with Gasteiger partial charge in [-0.3, -0.25) is 4.79 Å². The molecule has 0 aliphatic rings. The number of aromatic nitrogens is 1. The van der Waals surface area contributed by atoms with Gasteiger partial charge in [0, 0.05) is 11.8 Å². The molecule has 4 aromatic rings. The molecule has 0 saturated heterocycles. The van der Waals surface area contributed by atoms with Gasteiger partial charge >= 0.3 is 0 Å². The lowest BCUT2D eigenvalue weighted by Gasteiger charge is -2.11. The van der Waals surface area contributed by atoms with Gasteiger partial charge in [0.2, 0.25) is 5.78 Å². The molecule has 0 atom stereocenters. The van der Waals surface area contributed by atoms with E-state index in [1.54, 1.807) is 42.5 Å². The summed E-state index contributed by atoms with van der Waals surface area (Å²) in [6, 6.07) is 22.8. The van der Waals surface area contributed by atoms with Crippen LogP contribution in [0.3, 0.4) is 0 Å². The van der Waals surface area contributed by atoms with Gasteiger partial charge in [0.05, 0.1) is 4.90 Å². The van der Waals surface area contributed by atoms with Gasteiger partial charge in [-0.05, 0) is 48.0 Å². The number of ketones is 1. The molecule has 0 radical (unpaired) electrons. The van der Waals surface area contributed by atoms with Gasteiger partial charge in [0.15, 0.2) is 0 Å². The van der Waals surface area contributed by atoms with Crippen LogP contribution < -0.4 is 0 Å². The molecule has 0 saturated carbocycles. The van der Waals surface area contributed by atoms with Crippen LogP contribution >= 0.6 is 0 Å². The van der Waals surface area contributed by atoms with E-state index in [9.17, 15) is 13.2 Å². The van der Waals surface area contributed by atoms with Crippen LogP contribution in [0.5, 0.6) is 0 Å². The molecule has 1 heterocycles. The lowest BCUT2D eigenvalue weighted by molar-refractivity contribution is 0.103. The summed E-state index contributed by atoms with van der Waals surface area (Å²) in [5, 5.41) is 1.96. The lowest BCUT2D eigenvalue weighted by atomic mass is 10.0. The molecule has 0 fully saturated rings. The van der Waals surface area contributed by atoms with Crippen molar-refractivity contribution in [1.82, 2.24) is 3.97 Å². The molecule has 0 amide bonds. The molecular weight excluding hydrogens is 358 g/mol. The Kier molecular flexibility index (Phi) is 4.16. The Morgan fingerprint density at radius 1 is 0.815 bits per heavy atom. The number of benzene rings is 3. The summed E-state index contributed by atoms with van der Waals surface area (Å²) in [6.45, 7) is 1.89. The maximum Gasteiger partial charge on any atom is 0.268 e. The fourth-order valence-corrected chi connectivity index (χ4v) is 4.39. The first-order valence-corrected chi connectivity index (χ1v) is 9.94. The molecule has 0 spiro atoms. The number of carbonyl (C=O) groups excluding carboxylic acids is 1. The van der Waals surface area contributed by atoms with E-state index in [1.165, 1.54) is 12.3 Å². The average molecular weight is 375 g/mol. The van der Waals surface area contributed by atoms with E-state index >= 15 is 0 Å². The zero-order chi connectivity index (χ0) is 19.0. The van der Waals surface area contributed by atoms with Crippen molar-refractivity contribution in [3.05, 3.63) is 102 Å². The molecule has 27 heavy (non-hydrogen) atoms. The van der Waals surface area contributed by atoms with E-state index < -0.39 is 10.0 Å². The van der Waals surface area contributed by atoms with E-state index in [0.29, 0.717) is 5.56 Å². The van der Waals surface area contributed by atoms with E-state index in [4.69, 9.17) is 0 Å². The number of nitrogens with zero attached hydrogens (tertiary/aromatic N) is 1. The Morgan fingerprint density at radius 3 is 2.26 bits per heavy atom. The topological polar surface area (TPSA) is 56.1 Å². The van der Waals surface area contributed by atoms with Crippen LogP contribution in [0.4, 0.5) is 0 Å². The van der Waals surface area contributed by atoms with Gasteiger partial charge in [0.25, 0.3) is 10.0 Å². The number of hydrogen-bond donors (Lipinski definition) is 0. The smallest absolute Gasteiger partial charge is 0.268 e. The molecule has 4 rings (SSSR count). The minimum Gasteiger partial charge on any atom is -0.287 e. The first-order valence-electron chi connectivity index (χ1n) is 8.50. The molecule has 0 unspecified atom stereocenters. The van der Waals surface area contributed by atoms with Crippen LogP contribution in [0.15, 0.2) is 90.0 Å². The average Bonchev–Trinajstić information content (AvgIpc) is 3.18. The van der Waals surface area contributed by atoms with Crippen molar-refractivity contribution < 1.29 is 13.2 Å². The molecule has 3 aromatic carbocycles. The van der Waals surface area contributed by atoms with Crippen LogP contribution in [-0.2, 0) is 10.0 Å². The number of aryl methyl sites for hydroxylation is 1. The molecule has 1 aromatic heterocycles. The second-order valence-electron chi connectivity index (χ2n) is 6.40. The third-order valence-corrected chi connectivity index (χ3v) is 6.24. The molecule has 5 heteroatoms. The first-order chi connectivity index (χ1) is 13.0. The van der Waals surface area contributed by atoms with Gasteiger partial charge in [0.1, 0.15) is 5.69 Å². The largest absolute Gasteiger partial charge is 0.287 e. The number of hydrogen-bond acceptors (Lipinski definition) is 3. The molecular formula is C22H17NO3S. The van der Waals surface area contributed by atoms with Gasteiger partial charge in [-0.15, -0.1) is 0 Å². The molecule has 0 aliphatic heterocycles. The Hall–Kier alpha value is -3.18. The Morgan fingerprint density at radius 2 is 1.52 bits per heavy atom. The SMILES string of the molecule is Cc1ccc(S(=O)(=O)n2cccc2C(=O)c2ccc3ccccc3c2)cc1. The third-order valence-electron chi connectivity index (χ3n) is 4.54. The molecule has 0 N–H and O–H groups in total. The zero-order valence-electron chi connectivity index (χ0n) is 14.7. The van der Waals surface area contributed by atoms with Crippen molar-refractivity contribution >= 4 is 26.6 Å². The third kappa shape index (κ3) is 3.06. The summed E-state index contributed by atoms with van der Waals surface area (Å²) in [5.41, 5.74) is 1.53. The van der Waals surface area contributed by atoms with Gasteiger partial charge in [-0.2, -0.15) is 0 Å². The summed E-state index contributed by atoms with van der Waals surface area (Å²) in [7, 11) is -3.84. The quantitative estimate of drug-likeness (QED) is 0.496. The van der Waals surface area contributed by atoms with Crippen molar-refractivity contribution in [1.29, 1.82) is 0 Å². The normalized spacial score (nSPS) is 11.6. The Bertz CT molecular complexity index is 1250. The second-order valence-corrected chi connectivity index (χ2v) is 8.21. The summed E-state index contributed by atoms with van der Waals surface area (Å²) >= 11 is 0. The predicted molar refractivity (Wildman–Crippen MR) is 106 cm³/mol. The first kappa shape index (κ1) is 17.2. The highest BCUT2D eigenvalue weighted by molar-refractivity contribution is 7.90. The van der Waals surface area contributed by atoms with E-state index in [2.05, 4.69) is 0 Å². The van der Waals surface area contributed by atoms with Crippen LogP contribution in [0.25, 0.3) is 10.8 Å². The molecule has 134 valence electrons. The predicted octanol–water partition coefficient (Wildman–Crippen LogP) is 4.42. The maximum absolute atomic E-state index is 13.0. The van der Waals surface area contributed by atoms with E-state index in [1.807, 2.05) is 37.3 Å². The fraction of sp³-hybridized carbons (Fsp3) is 0.0455. The zero-order valence-corrected chi connectivity index (χ0v) is 15.5. The maximum atomic E-state index is 13.0. The fourth-order valence-electron chi connectivity index (χ4n) is 3.05. The number of fused-ring (bicyclic) bond motifs is 1.